The second-order valence-electron chi connectivity index (χ2n) is 5.75. The number of nitrogens with zero attached hydrogens (tertiary/aromatic N) is 2. The number of hydrogen-bond acceptors (Lipinski definition) is 4. The number of piperazine rings is 1. The molecule has 0 spiro atoms. The van der Waals surface area contributed by atoms with Crippen molar-refractivity contribution in [3.63, 3.8) is 0 Å². The Morgan fingerprint density at radius 1 is 1.14 bits per heavy atom. The van der Waals surface area contributed by atoms with Crippen molar-refractivity contribution in [1.29, 1.82) is 0 Å². The molecule has 0 aromatic heterocycles. The topological polar surface area (TPSA) is 32.8 Å². The molecule has 1 saturated heterocycles. The zero-order chi connectivity index (χ0) is 15.1. The van der Waals surface area contributed by atoms with Crippen LogP contribution in [0.2, 0.25) is 0 Å². The summed E-state index contributed by atoms with van der Waals surface area (Å²) >= 11 is 0. The van der Waals surface area contributed by atoms with Crippen molar-refractivity contribution in [2.24, 2.45) is 0 Å². The lowest BCUT2D eigenvalue weighted by molar-refractivity contribution is 0.101. The minimum absolute atomic E-state index is 0. The Balaban J connectivity index is 0.00000242. The Labute approximate surface area is 139 Å². The van der Waals surface area contributed by atoms with Crippen molar-refractivity contribution >= 4 is 18.2 Å². The molecule has 0 unspecified atom stereocenters. The lowest BCUT2D eigenvalue weighted by Gasteiger charge is -2.32. The highest BCUT2D eigenvalue weighted by atomic mass is 35.5. The van der Waals surface area contributed by atoms with Gasteiger partial charge in [-0.3, -0.25) is 4.79 Å². The fourth-order valence-electron chi connectivity index (χ4n) is 2.57. The molecule has 1 aromatic rings. The van der Waals surface area contributed by atoms with E-state index >= 15 is 0 Å². The van der Waals surface area contributed by atoms with Gasteiger partial charge in [0.2, 0.25) is 0 Å². The maximum absolute atomic E-state index is 11.5. The van der Waals surface area contributed by atoms with Gasteiger partial charge in [-0.2, -0.15) is 0 Å². The number of hydrogen-bond donors (Lipinski definition) is 0. The largest absolute Gasteiger partial charge is 0.493 e. The number of benzene rings is 1. The van der Waals surface area contributed by atoms with Gasteiger partial charge in [0.05, 0.1) is 12.2 Å². The third kappa shape index (κ3) is 5.95. The van der Waals surface area contributed by atoms with Crippen LogP contribution in [0.1, 0.15) is 30.1 Å². The molecule has 0 N–H and O–H groups in total. The molecular weight excluding hydrogens is 300 g/mol. The third-order valence-corrected chi connectivity index (χ3v) is 3.99. The van der Waals surface area contributed by atoms with E-state index in [1.807, 2.05) is 24.3 Å². The fraction of sp³-hybridized carbons (Fsp3) is 0.588. The summed E-state index contributed by atoms with van der Waals surface area (Å²) in [6, 6.07) is 7.47. The molecule has 4 nitrogen and oxygen atoms in total. The average molecular weight is 327 g/mol. The number of ether oxygens (including phenoxy) is 1. The van der Waals surface area contributed by atoms with E-state index in [-0.39, 0.29) is 18.2 Å². The van der Waals surface area contributed by atoms with Crippen LogP contribution in [0, 0.1) is 0 Å². The van der Waals surface area contributed by atoms with Crippen LogP contribution in [0.3, 0.4) is 0 Å². The van der Waals surface area contributed by atoms with Gasteiger partial charge in [0, 0.05) is 26.2 Å². The minimum atomic E-state index is 0. The van der Waals surface area contributed by atoms with Crippen LogP contribution in [-0.2, 0) is 0 Å². The van der Waals surface area contributed by atoms with E-state index in [9.17, 15) is 4.79 Å². The lowest BCUT2D eigenvalue weighted by Crippen LogP contribution is -2.44. The number of carbonyl (C=O) groups excluding carboxylic acids is 1. The summed E-state index contributed by atoms with van der Waals surface area (Å²) in [6.07, 6.45) is 2.17. The van der Waals surface area contributed by atoms with E-state index in [0.717, 1.165) is 19.4 Å². The summed E-state index contributed by atoms with van der Waals surface area (Å²) in [5.41, 5.74) is 0.677. The average Bonchev–Trinajstić information content (AvgIpc) is 2.49. The molecule has 0 atom stereocenters. The van der Waals surface area contributed by atoms with Gasteiger partial charge in [-0.1, -0.05) is 12.1 Å². The third-order valence-electron chi connectivity index (χ3n) is 3.99. The SMILES string of the molecule is CC(=O)c1ccccc1OCCCCN1CCN(C)CC1.Cl. The van der Waals surface area contributed by atoms with E-state index in [0.29, 0.717) is 17.9 Å². The first kappa shape index (κ1) is 18.9. The predicted molar refractivity (Wildman–Crippen MR) is 92.4 cm³/mol. The minimum Gasteiger partial charge on any atom is -0.493 e. The molecule has 124 valence electrons. The summed E-state index contributed by atoms with van der Waals surface area (Å²) < 4.78 is 5.76. The highest BCUT2D eigenvalue weighted by molar-refractivity contribution is 5.96. The van der Waals surface area contributed by atoms with Crippen molar-refractivity contribution in [1.82, 2.24) is 9.80 Å². The maximum Gasteiger partial charge on any atom is 0.163 e. The first-order valence-corrected chi connectivity index (χ1v) is 7.80. The second-order valence-corrected chi connectivity index (χ2v) is 5.75. The van der Waals surface area contributed by atoms with E-state index in [2.05, 4.69) is 16.8 Å². The molecule has 1 aliphatic heterocycles. The van der Waals surface area contributed by atoms with Crippen LogP contribution < -0.4 is 4.74 Å². The Morgan fingerprint density at radius 2 is 1.82 bits per heavy atom. The van der Waals surface area contributed by atoms with E-state index < -0.39 is 0 Å². The quantitative estimate of drug-likeness (QED) is 0.570. The number of unbranched alkanes of at least 4 members (excludes halogenated alkanes) is 1. The molecule has 0 amide bonds. The number of para-hydroxylation sites is 1. The smallest absolute Gasteiger partial charge is 0.163 e. The first-order valence-electron chi connectivity index (χ1n) is 7.80. The van der Waals surface area contributed by atoms with Gasteiger partial charge in [0.25, 0.3) is 0 Å². The lowest BCUT2D eigenvalue weighted by atomic mass is 10.1. The van der Waals surface area contributed by atoms with Crippen LogP contribution in [0.25, 0.3) is 0 Å². The van der Waals surface area contributed by atoms with Gasteiger partial charge >= 0.3 is 0 Å². The van der Waals surface area contributed by atoms with Crippen LogP contribution >= 0.6 is 12.4 Å². The summed E-state index contributed by atoms with van der Waals surface area (Å²) in [7, 11) is 2.18. The number of Topliss-reactive ketones (excluding diaryl/α,β-unsaturated/α-hetero) is 1. The Kier molecular flexibility index (Phi) is 8.46. The summed E-state index contributed by atoms with van der Waals surface area (Å²) in [5.74, 6) is 0.771. The molecule has 5 heteroatoms. The van der Waals surface area contributed by atoms with Crippen LogP contribution in [0.15, 0.2) is 24.3 Å². The molecule has 0 bridgehead atoms. The molecule has 1 aliphatic rings. The molecule has 0 aliphatic carbocycles. The van der Waals surface area contributed by atoms with E-state index in [1.165, 1.54) is 26.2 Å². The van der Waals surface area contributed by atoms with Gasteiger partial charge in [0.1, 0.15) is 5.75 Å². The van der Waals surface area contributed by atoms with Gasteiger partial charge in [-0.15, -0.1) is 12.4 Å². The van der Waals surface area contributed by atoms with Crippen LogP contribution in [0.5, 0.6) is 5.75 Å². The van der Waals surface area contributed by atoms with Crippen molar-refractivity contribution < 1.29 is 9.53 Å². The number of rotatable bonds is 7. The van der Waals surface area contributed by atoms with Crippen molar-refractivity contribution in [3.05, 3.63) is 29.8 Å². The highest BCUT2D eigenvalue weighted by Crippen LogP contribution is 2.18. The maximum atomic E-state index is 11.5. The molecule has 22 heavy (non-hydrogen) atoms. The van der Waals surface area contributed by atoms with Gasteiger partial charge < -0.3 is 14.5 Å². The molecule has 0 saturated carbocycles. The highest BCUT2D eigenvalue weighted by Gasteiger charge is 2.12. The zero-order valence-corrected chi connectivity index (χ0v) is 14.4. The molecule has 2 rings (SSSR count). The first-order chi connectivity index (χ1) is 10.2. The van der Waals surface area contributed by atoms with Gasteiger partial charge in [-0.05, 0) is 45.5 Å². The Bertz CT molecular complexity index is 460. The van der Waals surface area contributed by atoms with Gasteiger partial charge in [-0.25, -0.2) is 0 Å². The second kappa shape index (κ2) is 9.82. The monoisotopic (exact) mass is 326 g/mol. The number of likely N-dealkylation sites (N-methyl/N-ethyl adjacent to an activating group) is 1. The number of carbonyl (C=O) groups is 1. The standard InChI is InChI=1S/C17H26N2O2.ClH/c1-15(20)16-7-3-4-8-17(16)21-14-6-5-9-19-12-10-18(2)11-13-19;/h3-4,7-8H,5-6,9-14H2,1-2H3;1H. The summed E-state index contributed by atoms with van der Waals surface area (Å²) in [5, 5.41) is 0. The summed E-state index contributed by atoms with van der Waals surface area (Å²) in [6.45, 7) is 8.08. The molecule has 1 fully saturated rings. The van der Waals surface area contributed by atoms with Crippen molar-refractivity contribution in [3.8, 4) is 5.75 Å². The number of ketones is 1. The summed E-state index contributed by atoms with van der Waals surface area (Å²) in [4.78, 5) is 16.4. The fourth-order valence-corrected chi connectivity index (χ4v) is 2.57. The van der Waals surface area contributed by atoms with Crippen molar-refractivity contribution in [2.45, 2.75) is 19.8 Å². The van der Waals surface area contributed by atoms with E-state index in [4.69, 9.17) is 4.74 Å². The number of halogens is 1. The molecule has 1 aromatic carbocycles. The zero-order valence-electron chi connectivity index (χ0n) is 13.6. The van der Waals surface area contributed by atoms with Crippen LogP contribution in [0.4, 0.5) is 0 Å². The Morgan fingerprint density at radius 3 is 2.50 bits per heavy atom. The predicted octanol–water partition coefficient (Wildman–Crippen LogP) is 2.72. The van der Waals surface area contributed by atoms with E-state index in [1.54, 1.807) is 6.92 Å². The van der Waals surface area contributed by atoms with Gasteiger partial charge in [0.15, 0.2) is 5.78 Å². The molecule has 1 heterocycles. The Hall–Kier alpha value is -1.10. The normalized spacial score (nSPS) is 16.1. The van der Waals surface area contributed by atoms with Crippen LogP contribution in [-0.4, -0.2) is 62.0 Å². The molecular formula is C17H27ClN2O2. The molecule has 0 radical (unpaired) electrons. The van der Waals surface area contributed by atoms with Crippen molar-refractivity contribution in [2.75, 3.05) is 46.4 Å².